The van der Waals surface area contributed by atoms with Crippen LogP contribution in [0, 0.1) is 12.7 Å². The Balaban J connectivity index is 2.31. The maximum Gasteiger partial charge on any atom is 0.313 e. The zero-order valence-corrected chi connectivity index (χ0v) is 14.3. The standard InChI is InChI=1S/C17H18FNO4S/c1-11-14(18)5-4-6-15(11)24(22,23)19-13-9-7-12(8-10-13)17(2,3)16(20)21/h4-10,19H,1-3H3,(H,20,21). The van der Waals surface area contributed by atoms with Crippen LogP contribution in [0.4, 0.5) is 10.1 Å². The van der Waals surface area contributed by atoms with Crippen molar-refractivity contribution >= 4 is 21.7 Å². The minimum Gasteiger partial charge on any atom is -0.481 e. The summed E-state index contributed by atoms with van der Waals surface area (Å²) in [6.45, 7) is 4.51. The van der Waals surface area contributed by atoms with Crippen molar-refractivity contribution in [1.29, 1.82) is 0 Å². The van der Waals surface area contributed by atoms with E-state index in [2.05, 4.69) is 4.72 Å². The molecule has 0 saturated heterocycles. The number of carboxylic acids is 1. The number of hydrogen-bond acceptors (Lipinski definition) is 3. The molecule has 0 aromatic heterocycles. The van der Waals surface area contributed by atoms with Crippen molar-refractivity contribution in [1.82, 2.24) is 0 Å². The highest BCUT2D eigenvalue weighted by Gasteiger charge is 2.29. The Hall–Kier alpha value is -2.41. The number of hydrogen-bond donors (Lipinski definition) is 2. The van der Waals surface area contributed by atoms with Crippen molar-refractivity contribution in [2.75, 3.05) is 4.72 Å². The quantitative estimate of drug-likeness (QED) is 0.866. The predicted octanol–water partition coefficient (Wildman–Crippen LogP) is 3.30. The van der Waals surface area contributed by atoms with Crippen LogP contribution in [0.15, 0.2) is 47.4 Å². The van der Waals surface area contributed by atoms with E-state index in [0.717, 1.165) is 0 Å². The Morgan fingerprint density at radius 3 is 2.25 bits per heavy atom. The van der Waals surface area contributed by atoms with Crippen molar-refractivity contribution in [3.05, 3.63) is 59.4 Å². The Morgan fingerprint density at radius 2 is 1.71 bits per heavy atom. The third-order valence-corrected chi connectivity index (χ3v) is 5.43. The van der Waals surface area contributed by atoms with E-state index in [0.29, 0.717) is 5.56 Å². The topological polar surface area (TPSA) is 83.5 Å². The lowest BCUT2D eigenvalue weighted by atomic mass is 9.85. The summed E-state index contributed by atoms with van der Waals surface area (Å²) in [5.41, 5.74) is -0.242. The molecular weight excluding hydrogens is 333 g/mol. The maximum absolute atomic E-state index is 13.6. The number of halogens is 1. The van der Waals surface area contributed by atoms with Crippen LogP contribution >= 0.6 is 0 Å². The molecule has 128 valence electrons. The van der Waals surface area contributed by atoms with Gasteiger partial charge in [0, 0.05) is 11.3 Å². The first-order valence-corrected chi connectivity index (χ1v) is 8.66. The molecule has 0 bridgehead atoms. The summed E-state index contributed by atoms with van der Waals surface area (Å²) < 4.78 is 40.7. The lowest BCUT2D eigenvalue weighted by Crippen LogP contribution is -2.28. The molecule has 0 fully saturated rings. The van der Waals surface area contributed by atoms with Gasteiger partial charge in [0.15, 0.2) is 0 Å². The third kappa shape index (κ3) is 3.41. The molecule has 0 atom stereocenters. The molecule has 0 heterocycles. The fraction of sp³-hybridized carbons (Fsp3) is 0.235. The molecule has 0 unspecified atom stereocenters. The fourth-order valence-corrected chi connectivity index (χ4v) is 3.48. The molecule has 2 N–H and O–H groups in total. The maximum atomic E-state index is 13.6. The zero-order chi connectivity index (χ0) is 18.1. The summed E-state index contributed by atoms with van der Waals surface area (Å²) in [5.74, 6) is -1.58. The van der Waals surface area contributed by atoms with Crippen molar-refractivity contribution in [3.63, 3.8) is 0 Å². The van der Waals surface area contributed by atoms with E-state index in [4.69, 9.17) is 0 Å². The number of carboxylic acid groups (broad SMARTS) is 1. The molecule has 0 radical (unpaired) electrons. The van der Waals surface area contributed by atoms with Gasteiger partial charge in [-0.25, -0.2) is 12.8 Å². The second kappa shape index (κ2) is 6.24. The smallest absolute Gasteiger partial charge is 0.313 e. The van der Waals surface area contributed by atoms with Gasteiger partial charge in [0.05, 0.1) is 10.3 Å². The first kappa shape index (κ1) is 17.9. The second-order valence-corrected chi connectivity index (χ2v) is 7.63. The van der Waals surface area contributed by atoms with Crippen LogP contribution in [0.3, 0.4) is 0 Å². The van der Waals surface area contributed by atoms with Crippen molar-refractivity contribution < 1.29 is 22.7 Å². The van der Waals surface area contributed by atoms with Gasteiger partial charge in [0.2, 0.25) is 0 Å². The van der Waals surface area contributed by atoms with Gasteiger partial charge in [-0.1, -0.05) is 18.2 Å². The number of anilines is 1. The predicted molar refractivity (Wildman–Crippen MR) is 89.0 cm³/mol. The van der Waals surface area contributed by atoms with E-state index >= 15 is 0 Å². The number of rotatable bonds is 5. The van der Waals surface area contributed by atoms with Crippen molar-refractivity contribution in [2.45, 2.75) is 31.1 Å². The zero-order valence-electron chi connectivity index (χ0n) is 13.5. The Bertz CT molecular complexity index is 874. The lowest BCUT2D eigenvalue weighted by Gasteiger charge is -2.20. The molecular formula is C17H18FNO4S. The van der Waals surface area contributed by atoms with Crippen LogP contribution in [-0.4, -0.2) is 19.5 Å². The number of nitrogens with one attached hydrogen (secondary N) is 1. The second-order valence-electron chi connectivity index (χ2n) is 5.98. The lowest BCUT2D eigenvalue weighted by molar-refractivity contribution is -0.142. The minimum atomic E-state index is -3.94. The molecule has 5 nitrogen and oxygen atoms in total. The first-order chi connectivity index (χ1) is 11.1. The summed E-state index contributed by atoms with van der Waals surface area (Å²) >= 11 is 0. The highest BCUT2D eigenvalue weighted by Crippen LogP contribution is 2.26. The molecule has 2 rings (SSSR count). The number of aliphatic carboxylic acids is 1. The molecule has 24 heavy (non-hydrogen) atoms. The average molecular weight is 351 g/mol. The van der Waals surface area contributed by atoms with Gasteiger partial charge in [-0.15, -0.1) is 0 Å². The van der Waals surface area contributed by atoms with E-state index in [9.17, 15) is 22.7 Å². The molecule has 0 aliphatic heterocycles. The Kier molecular flexibility index (Phi) is 4.66. The van der Waals surface area contributed by atoms with Gasteiger partial charge in [0.1, 0.15) is 5.82 Å². The first-order valence-electron chi connectivity index (χ1n) is 7.17. The summed E-state index contributed by atoms with van der Waals surface area (Å²) in [6, 6.07) is 9.89. The fourth-order valence-electron chi connectivity index (χ4n) is 2.17. The van der Waals surface area contributed by atoms with Crippen LogP contribution in [-0.2, 0) is 20.2 Å². The molecule has 0 amide bonds. The van der Waals surface area contributed by atoms with Gasteiger partial charge < -0.3 is 5.11 Å². The largest absolute Gasteiger partial charge is 0.481 e. The molecule has 0 spiro atoms. The Labute approximate surface area is 140 Å². The molecule has 2 aromatic carbocycles. The average Bonchev–Trinajstić information content (AvgIpc) is 2.49. The molecule has 0 aliphatic carbocycles. The monoisotopic (exact) mass is 351 g/mol. The highest BCUT2D eigenvalue weighted by molar-refractivity contribution is 7.92. The summed E-state index contributed by atoms with van der Waals surface area (Å²) in [5, 5.41) is 9.21. The van der Waals surface area contributed by atoms with E-state index in [1.807, 2.05) is 0 Å². The normalized spacial score (nSPS) is 12.0. The SMILES string of the molecule is Cc1c(F)cccc1S(=O)(=O)Nc1ccc(C(C)(C)C(=O)O)cc1. The molecule has 0 aliphatic rings. The van der Waals surface area contributed by atoms with Gasteiger partial charge in [0.25, 0.3) is 10.0 Å². The molecule has 0 saturated carbocycles. The number of sulfonamides is 1. The van der Waals surface area contributed by atoms with E-state index in [1.165, 1.54) is 37.3 Å². The van der Waals surface area contributed by atoms with Crippen LogP contribution in [0.25, 0.3) is 0 Å². The van der Waals surface area contributed by atoms with Crippen molar-refractivity contribution in [3.8, 4) is 0 Å². The van der Waals surface area contributed by atoms with E-state index in [-0.39, 0.29) is 16.1 Å². The number of benzene rings is 2. The van der Waals surface area contributed by atoms with Crippen molar-refractivity contribution in [2.24, 2.45) is 0 Å². The third-order valence-electron chi connectivity index (χ3n) is 3.90. The Morgan fingerprint density at radius 1 is 1.12 bits per heavy atom. The van der Waals surface area contributed by atoms with Crippen LogP contribution in [0.5, 0.6) is 0 Å². The van der Waals surface area contributed by atoms with E-state index < -0.39 is 27.2 Å². The highest BCUT2D eigenvalue weighted by atomic mass is 32.2. The van der Waals surface area contributed by atoms with Gasteiger partial charge in [-0.05, 0) is 50.6 Å². The number of carbonyl (C=O) groups is 1. The summed E-state index contributed by atoms with van der Waals surface area (Å²) in [6.07, 6.45) is 0. The minimum absolute atomic E-state index is 0.0358. The van der Waals surface area contributed by atoms with Gasteiger partial charge in [-0.2, -0.15) is 0 Å². The summed E-state index contributed by atoms with van der Waals surface area (Å²) in [7, 11) is -3.94. The van der Waals surface area contributed by atoms with Crippen LogP contribution in [0.1, 0.15) is 25.0 Å². The van der Waals surface area contributed by atoms with Gasteiger partial charge in [-0.3, -0.25) is 9.52 Å². The molecule has 2 aromatic rings. The molecule has 7 heteroatoms. The van der Waals surface area contributed by atoms with E-state index in [1.54, 1.807) is 26.0 Å². The van der Waals surface area contributed by atoms with Gasteiger partial charge >= 0.3 is 5.97 Å². The summed E-state index contributed by atoms with van der Waals surface area (Å²) in [4.78, 5) is 11.1. The van der Waals surface area contributed by atoms with Crippen LogP contribution < -0.4 is 4.72 Å². The van der Waals surface area contributed by atoms with Crippen LogP contribution in [0.2, 0.25) is 0 Å².